The molecule has 0 saturated carbocycles. The molecule has 168 valence electrons. The second kappa shape index (κ2) is 7.15. The Morgan fingerprint density at radius 1 is 1.06 bits per heavy atom. The van der Waals surface area contributed by atoms with Crippen LogP contribution in [-0.4, -0.2) is 40.4 Å². The second-order valence-electron chi connectivity index (χ2n) is 8.47. The molecule has 5 atom stereocenters. The molecular formula is C23H21BFN3O5. The van der Waals surface area contributed by atoms with E-state index in [-0.39, 0.29) is 6.10 Å². The third kappa shape index (κ3) is 2.68. The molecule has 4 heterocycles. The summed E-state index contributed by atoms with van der Waals surface area (Å²) in [6.45, 7) is 1.90. The van der Waals surface area contributed by atoms with Gasteiger partial charge in [0.15, 0.2) is 0 Å². The maximum Gasteiger partial charge on any atom is 0.495 e. The highest BCUT2D eigenvalue weighted by Gasteiger charge is 2.63. The fraction of sp³-hybridized carbons (Fsp3) is 0.304. The number of aromatic nitrogens is 3. The highest BCUT2D eigenvalue weighted by Crippen LogP contribution is 2.46. The lowest BCUT2D eigenvalue weighted by molar-refractivity contribution is -0.102. The number of nitrogens with zero attached hydrogens (tertiary/aromatic N) is 3. The molecule has 0 unspecified atom stereocenters. The Balaban J connectivity index is 1.45. The molecule has 1 fully saturated rings. The van der Waals surface area contributed by atoms with Crippen LogP contribution >= 0.6 is 0 Å². The largest absolute Gasteiger partial charge is 0.495 e. The van der Waals surface area contributed by atoms with Crippen molar-refractivity contribution in [2.75, 3.05) is 7.11 Å². The zero-order valence-corrected chi connectivity index (χ0v) is 18.0. The topological polar surface area (TPSA) is 76.6 Å². The van der Waals surface area contributed by atoms with E-state index in [9.17, 15) is 9.59 Å². The summed E-state index contributed by atoms with van der Waals surface area (Å²) in [5.74, 6) is -2.37. The van der Waals surface area contributed by atoms with Gasteiger partial charge in [0.25, 0.3) is 5.79 Å². The molecule has 10 heteroatoms. The zero-order valence-electron chi connectivity index (χ0n) is 18.0. The molecule has 8 nitrogen and oxygen atoms in total. The van der Waals surface area contributed by atoms with Crippen molar-refractivity contribution in [2.24, 2.45) is 0 Å². The van der Waals surface area contributed by atoms with E-state index in [1.165, 1.54) is 6.08 Å². The van der Waals surface area contributed by atoms with Gasteiger partial charge >= 0.3 is 18.5 Å². The van der Waals surface area contributed by atoms with Crippen molar-refractivity contribution in [2.45, 2.75) is 37.1 Å². The number of ether oxygens (including phenoxy) is 1. The van der Waals surface area contributed by atoms with Crippen LogP contribution in [0.5, 0.6) is 0 Å². The van der Waals surface area contributed by atoms with Crippen LogP contribution < -0.4 is 16.8 Å². The summed E-state index contributed by atoms with van der Waals surface area (Å²) in [7, 11) is 0.749. The van der Waals surface area contributed by atoms with Crippen LogP contribution in [0.1, 0.15) is 24.6 Å². The van der Waals surface area contributed by atoms with Gasteiger partial charge in [-0.25, -0.2) is 23.2 Å². The van der Waals surface area contributed by atoms with Crippen LogP contribution in [0, 0.1) is 0 Å². The third-order valence-electron chi connectivity index (χ3n) is 6.75. The molecule has 3 aliphatic heterocycles. The summed E-state index contributed by atoms with van der Waals surface area (Å²) >= 11 is 0. The molecule has 0 amide bonds. The van der Waals surface area contributed by atoms with Gasteiger partial charge in [-0.3, -0.25) is 0 Å². The maximum absolute atomic E-state index is 16.5. The number of halogens is 1. The summed E-state index contributed by atoms with van der Waals surface area (Å²) in [5, 5.41) is 0. The number of methoxy groups -OCH3 is 1. The van der Waals surface area contributed by atoms with E-state index >= 15 is 4.39 Å². The Labute approximate surface area is 188 Å². The highest BCUT2D eigenvalue weighted by atomic mass is 19.1. The Bertz CT molecular complexity index is 1380. The van der Waals surface area contributed by atoms with Crippen LogP contribution in [0.25, 0.3) is 5.69 Å². The van der Waals surface area contributed by atoms with Crippen molar-refractivity contribution >= 4 is 12.6 Å². The first kappa shape index (κ1) is 20.4. The summed E-state index contributed by atoms with van der Waals surface area (Å²) < 4.78 is 37.3. The number of hydrogen-bond acceptors (Lipinski definition) is 5. The first-order valence-corrected chi connectivity index (χ1v) is 10.8. The van der Waals surface area contributed by atoms with Crippen LogP contribution in [0.4, 0.5) is 4.39 Å². The normalized spacial score (nSPS) is 28.1. The minimum absolute atomic E-state index is 0.223. The van der Waals surface area contributed by atoms with E-state index in [0.29, 0.717) is 5.69 Å². The molecule has 4 aliphatic rings. The van der Waals surface area contributed by atoms with Crippen LogP contribution in [-0.2, 0) is 19.8 Å². The molecule has 2 aromatic carbocycles. The Kier molecular flexibility index (Phi) is 4.42. The van der Waals surface area contributed by atoms with Crippen molar-refractivity contribution in [3.63, 3.8) is 0 Å². The van der Waals surface area contributed by atoms with Gasteiger partial charge in [-0.15, -0.1) is 0 Å². The van der Waals surface area contributed by atoms with Crippen LogP contribution in [0.15, 0.2) is 76.3 Å². The quantitative estimate of drug-likeness (QED) is 0.445. The molecule has 1 aromatic heterocycles. The smallest absolute Gasteiger partial charge is 0.399 e. The predicted octanol–water partition coefficient (Wildman–Crippen LogP) is 1.43. The van der Waals surface area contributed by atoms with Gasteiger partial charge in [0.2, 0.25) is 0 Å². The van der Waals surface area contributed by atoms with Crippen LogP contribution in [0.3, 0.4) is 0 Å². The minimum atomic E-state index is -2.37. The van der Waals surface area contributed by atoms with E-state index in [4.69, 9.17) is 14.0 Å². The molecule has 1 saturated heterocycles. The van der Waals surface area contributed by atoms with E-state index in [2.05, 4.69) is 0 Å². The lowest BCUT2D eigenvalue weighted by Crippen LogP contribution is -2.61. The van der Waals surface area contributed by atoms with E-state index in [1.807, 2.05) is 31.2 Å². The Hall–Kier alpha value is -3.21. The molecular weight excluding hydrogens is 428 g/mol. The fourth-order valence-corrected chi connectivity index (χ4v) is 5.09. The molecule has 0 spiro atoms. The first-order chi connectivity index (χ1) is 16.0. The molecule has 0 N–H and O–H groups in total. The fourth-order valence-electron chi connectivity index (χ4n) is 5.09. The van der Waals surface area contributed by atoms with Crippen molar-refractivity contribution < 1.29 is 18.4 Å². The van der Waals surface area contributed by atoms with Crippen molar-refractivity contribution in [3.8, 4) is 5.69 Å². The van der Waals surface area contributed by atoms with Crippen molar-refractivity contribution in [1.29, 1.82) is 0 Å². The highest BCUT2D eigenvalue weighted by molar-refractivity contribution is 6.62. The van der Waals surface area contributed by atoms with Gasteiger partial charge < -0.3 is 14.0 Å². The average molecular weight is 449 g/mol. The standard InChI is InChI=1S/C23H21BFN3O5/c1-14(31-2)16-10-6-7-11-17(16)24-32-19-18-12-13-23(25,20(19)33-24)28-22(30)26(21(29)27(18)28)15-8-4-3-5-9-15/h3-14,18-20H,1-2H3/t14-,18+,19+,20+,23-/m1/s1. The molecule has 33 heavy (non-hydrogen) atoms. The van der Waals surface area contributed by atoms with Gasteiger partial charge in [-0.05, 0) is 36.2 Å². The van der Waals surface area contributed by atoms with Gasteiger partial charge in [0, 0.05) is 7.11 Å². The number of rotatable bonds is 4. The van der Waals surface area contributed by atoms with Crippen LogP contribution in [0.2, 0.25) is 0 Å². The predicted molar refractivity (Wildman–Crippen MR) is 119 cm³/mol. The number of para-hydroxylation sites is 1. The van der Waals surface area contributed by atoms with E-state index in [0.717, 1.165) is 25.0 Å². The number of alkyl halides is 1. The Morgan fingerprint density at radius 2 is 1.79 bits per heavy atom. The summed E-state index contributed by atoms with van der Waals surface area (Å²) in [6, 6.07) is 15.3. The number of hydrogen-bond donors (Lipinski definition) is 0. The van der Waals surface area contributed by atoms with Gasteiger partial charge in [0.1, 0.15) is 12.1 Å². The summed E-state index contributed by atoms with van der Waals surface area (Å²) in [5.41, 5.74) is 0.573. The summed E-state index contributed by atoms with van der Waals surface area (Å²) in [6.07, 6.45) is 0.781. The molecule has 2 bridgehead atoms. The van der Waals surface area contributed by atoms with Gasteiger partial charge in [-0.2, -0.15) is 4.68 Å². The molecule has 0 radical (unpaired) electrons. The van der Waals surface area contributed by atoms with Gasteiger partial charge in [-0.1, -0.05) is 48.5 Å². The lowest BCUT2D eigenvalue weighted by atomic mass is 9.75. The molecule has 7 rings (SSSR count). The van der Waals surface area contributed by atoms with Crippen molar-refractivity contribution in [1.82, 2.24) is 13.9 Å². The molecule has 3 aromatic rings. The SMILES string of the molecule is CO[C@H](C)c1ccccc1B1O[C@H]2[C@@H]3C=C[C@](F)([C@H]2O1)n1c(=O)n(-c2ccccc2)c(=O)n13. The second-order valence-corrected chi connectivity index (χ2v) is 8.47. The van der Waals surface area contributed by atoms with E-state index < -0.39 is 42.5 Å². The third-order valence-corrected chi connectivity index (χ3v) is 6.75. The Morgan fingerprint density at radius 3 is 2.55 bits per heavy atom. The lowest BCUT2D eigenvalue weighted by Gasteiger charge is -2.44. The first-order valence-electron chi connectivity index (χ1n) is 10.8. The van der Waals surface area contributed by atoms with Gasteiger partial charge in [0.05, 0.1) is 17.9 Å². The van der Waals surface area contributed by atoms with E-state index in [1.54, 1.807) is 43.5 Å². The molecule has 1 aliphatic carbocycles. The van der Waals surface area contributed by atoms with Crippen molar-refractivity contribution in [3.05, 3.63) is 93.3 Å². The zero-order chi connectivity index (χ0) is 22.9. The summed E-state index contributed by atoms with van der Waals surface area (Å²) in [4.78, 5) is 26.6. The maximum atomic E-state index is 16.5. The monoisotopic (exact) mass is 449 g/mol. The average Bonchev–Trinajstić information content (AvgIpc) is 3.41. The number of benzene rings is 2. The minimum Gasteiger partial charge on any atom is -0.399 e.